The Morgan fingerprint density at radius 2 is 1.63 bits per heavy atom. The number of hydrogen-bond donors (Lipinski definition) is 0. The summed E-state index contributed by atoms with van der Waals surface area (Å²) in [5, 5.41) is 0.516. The van der Waals surface area contributed by atoms with Crippen LogP contribution in [0.2, 0.25) is 0 Å². The SMILES string of the molecule is CCc1ccc(C(=O)CSC2=NC(=Cc3ccc(C(C)C)cc3)C(=O)N2c2ccc(C)cc2)cc1. The molecule has 0 aliphatic carbocycles. The summed E-state index contributed by atoms with van der Waals surface area (Å²) >= 11 is 1.29. The number of carbonyl (C=O) groups excluding carboxylic acids is 2. The number of anilines is 1. The number of ketones is 1. The molecule has 0 N–H and O–H groups in total. The monoisotopic (exact) mass is 482 g/mol. The van der Waals surface area contributed by atoms with Gasteiger partial charge in [0.05, 0.1) is 11.4 Å². The second kappa shape index (κ2) is 10.9. The van der Waals surface area contributed by atoms with E-state index in [1.54, 1.807) is 4.90 Å². The molecule has 0 fully saturated rings. The van der Waals surface area contributed by atoms with E-state index in [-0.39, 0.29) is 17.4 Å². The van der Waals surface area contributed by atoms with Gasteiger partial charge in [-0.25, -0.2) is 4.99 Å². The fourth-order valence-corrected chi connectivity index (χ4v) is 4.70. The average molecular weight is 483 g/mol. The van der Waals surface area contributed by atoms with E-state index < -0.39 is 0 Å². The smallest absolute Gasteiger partial charge is 0.283 e. The lowest BCUT2D eigenvalue weighted by molar-refractivity contribution is -0.113. The zero-order valence-corrected chi connectivity index (χ0v) is 21.4. The Kier molecular flexibility index (Phi) is 7.67. The highest BCUT2D eigenvalue weighted by atomic mass is 32.2. The lowest BCUT2D eigenvalue weighted by Gasteiger charge is -2.18. The van der Waals surface area contributed by atoms with E-state index in [0.29, 0.717) is 22.3 Å². The van der Waals surface area contributed by atoms with Crippen molar-refractivity contribution < 1.29 is 9.59 Å². The number of nitrogens with zero attached hydrogens (tertiary/aromatic N) is 2. The normalized spacial score (nSPS) is 14.7. The predicted octanol–water partition coefficient (Wildman–Crippen LogP) is 7.04. The van der Waals surface area contributed by atoms with Crippen LogP contribution in [0.25, 0.3) is 6.08 Å². The third kappa shape index (κ3) is 5.80. The maximum absolute atomic E-state index is 13.4. The number of aliphatic imine (C=N–C) groups is 1. The maximum Gasteiger partial charge on any atom is 0.283 e. The first-order chi connectivity index (χ1) is 16.9. The molecule has 4 nitrogen and oxygen atoms in total. The number of Topliss-reactive ketones (excluding diaryl/α,β-unsaturated/α-hetero) is 1. The van der Waals surface area contributed by atoms with Gasteiger partial charge in [-0.1, -0.05) is 98.8 Å². The number of amides is 1. The van der Waals surface area contributed by atoms with Crippen molar-refractivity contribution >= 4 is 40.4 Å². The topological polar surface area (TPSA) is 49.7 Å². The van der Waals surface area contributed by atoms with Gasteiger partial charge in [0.15, 0.2) is 11.0 Å². The fourth-order valence-electron chi connectivity index (χ4n) is 3.79. The number of rotatable bonds is 7. The number of benzene rings is 3. The van der Waals surface area contributed by atoms with Crippen LogP contribution in [0, 0.1) is 6.92 Å². The van der Waals surface area contributed by atoms with Gasteiger partial charge in [-0.15, -0.1) is 0 Å². The summed E-state index contributed by atoms with van der Waals surface area (Å²) in [4.78, 5) is 32.5. The highest BCUT2D eigenvalue weighted by Crippen LogP contribution is 2.30. The predicted molar refractivity (Wildman–Crippen MR) is 147 cm³/mol. The molecule has 1 aliphatic rings. The van der Waals surface area contributed by atoms with Crippen LogP contribution >= 0.6 is 11.8 Å². The Bertz CT molecular complexity index is 1270. The molecular weight excluding hydrogens is 452 g/mol. The van der Waals surface area contributed by atoms with Gasteiger partial charge in [0.2, 0.25) is 0 Å². The first kappa shape index (κ1) is 24.7. The largest absolute Gasteiger partial charge is 0.293 e. The molecule has 0 radical (unpaired) electrons. The zero-order valence-electron chi connectivity index (χ0n) is 20.6. The molecule has 0 unspecified atom stereocenters. The molecule has 1 aliphatic heterocycles. The number of amidine groups is 1. The maximum atomic E-state index is 13.4. The van der Waals surface area contributed by atoms with Crippen molar-refractivity contribution in [3.8, 4) is 0 Å². The van der Waals surface area contributed by atoms with E-state index >= 15 is 0 Å². The molecule has 0 bridgehead atoms. The van der Waals surface area contributed by atoms with E-state index in [1.807, 2.05) is 73.7 Å². The van der Waals surface area contributed by atoms with Crippen molar-refractivity contribution in [3.63, 3.8) is 0 Å². The van der Waals surface area contributed by atoms with E-state index in [4.69, 9.17) is 0 Å². The van der Waals surface area contributed by atoms with Crippen LogP contribution in [-0.4, -0.2) is 22.6 Å². The van der Waals surface area contributed by atoms with E-state index in [9.17, 15) is 9.59 Å². The summed E-state index contributed by atoms with van der Waals surface area (Å²) in [6.45, 7) is 8.40. The molecule has 35 heavy (non-hydrogen) atoms. The molecular formula is C30H30N2O2S. The number of carbonyl (C=O) groups is 2. The molecule has 0 spiro atoms. The van der Waals surface area contributed by atoms with Gasteiger partial charge in [0.1, 0.15) is 5.70 Å². The molecule has 0 saturated carbocycles. The molecule has 4 rings (SSSR count). The highest BCUT2D eigenvalue weighted by Gasteiger charge is 2.32. The Balaban J connectivity index is 1.60. The molecule has 0 atom stereocenters. The third-order valence-corrected chi connectivity index (χ3v) is 6.98. The van der Waals surface area contributed by atoms with Crippen molar-refractivity contribution in [2.75, 3.05) is 10.7 Å². The van der Waals surface area contributed by atoms with Gasteiger partial charge >= 0.3 is 0 Å². The van der Waals surface area contributed by atoms with Gasteiger partial charge in [0.25, 0.3) is 5.91 Å². The number of aryl methyl sites for hydroxylation is 2. The van der Waals surface area contributed by atoms with Gasteiger partial charge < -0.3 is 0 Å². The lowest BCUT2D eigenvalue weighted by atomic mass is 10.0. The summed E-state index contributed by atoms with van der Waals surface area (Å²) in [6, 6.07) is 23.6. The minimum absolute atomic E-state index is 0.0124. The van der Waals surface area contributed by atoms with Crippen LogP contribution in [0.15, 0.2) is 83.5 Å². The van der Waals surface area contributed by atoms with Crippen LogP contribution < -0.4 is 4.90 Å². The lowest BCUT2D eigenvalue weighted by Crippen LogP contribution is -2.30. The standard InChI is InChI=1S/C30H30N2O2S/c1-5-22-8-14-25(15-9-22)28(33)19-35-30-31-27(18-23-10-12-24(13-11-23)20(2)3)29(34)32(30)26-16-6-21(4)7-17-26/h6-18,20H,5,19H2,1-4H3. The zero-order chi connectivity index (χ0) is 24.9. The van der Waals surface area contributed by atoms with Crippen LogP contribution in [0.3, 0.4) is 0 Å². The van der Waals surface area contributed by atoms with Gasteiger partial charge in [-0.05, 0) is 54.2 Å². The molecule has 1 amide bonds. The Morgan fingerprint density at radius 1 is 0.971 bits per heavy atom. The van der Waals surface area contributed by atoms with E-state index in [1.165, 1.54) is 22.9 Å². The quantitative estimate of drug-likeness (QED) is 0.268. The molecule has 0 saturated heterocycles. The molecule has 1 heterocycles. The van der Waals surface area contributed by atoms with Crippen LogP contribution in [0.5, 0.6) is 0 Å². The van der Waals surface area contributed by atoms with Crippen molar-refractivity contribution in [2.45, 2.75) is 40.0 Å². The van der Waals surface area contributed by atoms with E-state index in [2.05, 4.69) is 37.9 Å². The van der Waals surface area contributed by atoms with Crippen molar-refractivity contribution in [1.82, 2.24) is 0 Å². The van der Waals surface area contributed by atoms with Gasteiger partial charge in [-0.2, -0.15) is 0 Å². The number of hydrogen-bond acceptors (Lipinski definition) is 4. The molecule has 3 aromatic rings. The second-order valence-corrected chi connectivity index (χ2v) is 9.93. The number of thioether (sulfide) groups is 1. The Hall–Kier alpha value is -3.44. The van der Waals surface area contributed by atoms with Crippen LogP contribution in [0.1, 0.15) is 59.3 Å². The Labute approximate surface area is 211 Å². The van der Waals surface area contributed by atoms with Crippen LogP contribution in [0.4, 0.5) is 5.69 Å². The van der Waals surface area contributed by atoms with Crippen molar-refractivity contribution in [2.24, 2.45) is 4.99 Å². The minimum Gasteiger partial charge on any atom is -0.293 e. The average Bonchev–Trinajstić information content (AvgIpc) is 3.18. The molecule has 0 aromatic heterocycles. The summed E-state index contributed by atoms with van der Waals surface area (Å²) < 4.78 is 0. The molecule has 3 aromatic carbocycles. The summed E-state index contributed by atoms with van der Waals surface area (Å²) in [6.07, 6.45) is 2.75. The fraction of sp³-hybridized carbons (Fsp3) is 0.233. The molecule has 5 heteroatoms. The second-order valence-electron chi connectivity index (χ2n) is 8.98. The van der Waals surface area contributed by atoms with Crippen molar-refractivity contribution in [1.29, 1.82) is 0 Å². The third-order valence-electron chi connectivity index (χ3n) is 6.04. The first-order valence-electron chi connectivity index (χ1n) is 11.9. The summed E-state index contributed by atoms with van der Waals surface area (Å²) in [7, 11) is 0. The van der Waals surface area contributed by atoms with Gasteiger partial charge in [-0.3, -0.25) is 14.5 Å². The molecule has 178 valence electrons. The highest BCUT2D eigenvalue weighted by molar-refractivity contribution is 8.14. The minimum atomic E-state index is -0.191. The Morgan fingerprint density at radius 3 is 2.23 bits per heavy atom. The van der Waals surface area contributed by atoms with Crippen molar-refractivity contribution in [3.05, 3.63) is 106 Å². The summed E-state index contributed by atoms with van der Waals surface area (Å²) in [5.41, 5.74) is 6.25. The van der Waals surface area contributed by atoms with Gasteiger partial charge in [0, 0.05) is 5.56 Å². The summed E-state index contributed by atoms with van der Waals surface area (Å²) in [5.74, 6) is 0.469. The van der Waals surface area contributed by atoms with E-state index in [0.717, 1.165) is 23.2 Å². The first-order valence-corrected chi connectivity index (χ1v) is 12.9. The van der Waals surface area contributed by atoms with Crippen LogP contribution in [-0.2, 0) is 11.2 Å².